The Hall–Kier alpha value is -1.79. The molecule has 2 aromatic heterocycles. The van der Waals surface area contributed by atoms with Crippen LogP contribution in [-0.4, -0.2) is 21.9 Å². The van der Waals surface area contributed by atoms with Crippen molar-refractivity contribution in [3.63, 3.8) is 0 Å². The summed E-state index contributed by atoms with van der Waals surface area (Å²) in [5.74, 6) is 0.575. The molecule has 0 aliphatic carbocycles. The fourth-order valence-corrected chi connectivity index (χ4v) is 2.92. The second kappa shape index (κ2) is 5.54. The molecule has 3 aromatic rings. The molecule has 0 atom stereocenters. The van der Waals surface area contributed by atoms with Crippen LogP contribution in [0, 0.1) is 0 Å². The van der Waals surface area contributed by atoms with E-state index in [9.17, 15) is 0 Å². The Labute approximate surface area is 134 Å². The van der Waals surface area contributed by atoms with E-state index in [1.165, 1.54) is 0 Å². The lowest BCUT2D eigenvalue weighted by molar-refractivity contribution is 0.395. The van der Waals surface area contributed by atoms with E-state index in [-0.39, 0.29) is 0 Å². The van der Waals surface area contributed by atoms with E-state index >= 15 is 0 Å². The number of hydrogen-bond donors (Lipinski definition) is 1. The van der Waals surface area contributed by atoms with Gasteiger partial charge in [0.15, 0.2) is 0 Å². The number of methoxy groups -OCH3 is 1. The number of halogens is 2. The van der Waals surface area contributed by atoms with E-state index in [1.54, 1.807) is 19.2 Å². The maximum atomic E-state index is 6.06. The van der Waals surface area contributed by atoms with Gasteiger partial charge in [-0.3, -0.25) is 4.68 Å². The van der Waals surface area contributed by atoms with Gasteiger partial charge in [0.05, 0.1) is 41.0 Å². The number of rotatable bonds is 3. The quantitative estimate of drug-likeness (QED) is 0.720. The number of fused-ring (bicyclic) bond motifs is 1. The predicted octanol–water partition coefficient (Wildman–Crippen LogP) is 3.49. The highest BCUT2D eigenvalue weighted by atomic mass is 79.9. The van der Waals surface area contributed by atoms with Gasteiger partial charge in [0.25, 0.3) is 0 Å². The molecule has 0 aliphatic rings. The highest BCUT2D eigenvalue weighted by molar-refractivity contribution is 9.10. The molecule has 0 fully saturated rings. The third kappa shape index (κ3) is 2.56. The zero-order valence-electron chi connectivity index (χ0n) is 11.2. The fraction of sp³-hybridized carbons (Fsp3) is 0.143. The minimum atomic E-state index is 0.514. The summed E-state index contributed by atoms with van der Waals surface area (Å²) >= 11 is 9.49. The molecule has 0 unspecified atom stereocenters. The Morgan fingerprint density at radius 2 is 2.14 bits per heavy atom. The summed E-state index contributed by atoms with van der Waals surface area (Å²) in [6.45, 7) is 0.514. The van der Waals surface area contributed by atoms with E-state index in [0.29, 0.717) is 27.7 Å². The molecule has 2 N–H and O–H groups in total. The van der Waals surface area contributed by atoms with Crippen LogP contribution in [0.3, 0.4) is 0 Å². The van der Waals surface area contributed by atoms with E-state index < -0.39 is 0 Å². The lowest BCUT2D eigenvalue weighted by Crippen LogP contribution is -2.04. The highest BCUT2D eigenvalue weighted by Crippen LogP contribution is 2.33. The normalized spacial score (nSPS) is 11.0. The van der Waals surface area contributed by atoms with E-state index in [4.69, 9.17) is 22.1 Å². The number of hydrogen-bond acceptors (Lipinski definition) is 4. The summed E-state index contributed by atoms with van der Waals surface area (Å²) in [6, 6.07) is 9.28. The zero-order valence-corrected chi connectivity index (χ0v) is 13.5. The molecule has 0 aliphatic heterocycles. The maximum Gasteiger partial charge on any atom is 0.213 e. The first-order valence-corrected chi connectivity index (χ1v) is 7.37. The first-order chi connectivity index (χ1) is 10.1. The molecule has 3 rings (SSSR count). The van der Waals surface area contributed by atoms with Crippen LogP contribution in [0.25, 0.3) is 10.9 Å². The van der Waals surface area contributed by atoms with Crippen LogP contribution in [0.1, 0.15) is 5.69 Å². The molecule has 0 saturated carbocycles. The SMILES string of the molecule is COc1cccc(Cn2nc(Br)c3c(N)c(Cl)ccc32)n1. The minimum Gasteiger partial charge on any atom is -0.481 e. The number of nitrogens with zero attached hydrogens (tertiary/aromatic N) is 3. The van der Waals surface area contributed by atoms with Crippen molar-refractivity contribution in [1.82, 2.24) is 14.8 Å². The van der Waals surface area contributed by atoms with Gasteiger partial charge in [-0.25, -0.2) is 4.98 Å². The summed E-state index contributed by atoms with van der Waals surface area (Å²) in [5.41, 5.74) is 8.28. The first kappa shape index (κ1) is 14.2. The molecular formula is C14H12BrClN4O. The van der Waals surface area contributed by atoms with Crippen LogP contribution < -0.4 is 10.5 Å². The molecule has 108 valence electrons. The minimum absolute atomic E-state index is 0.514. The van der Waals surface area contributed by atoms with E-state index in [1.807, 2.05) is 22.9 Å². The van der Waals surface area contributed by atoms with Crippen LogP contribution in [-0.2, 0) is 6.54 Å². The van der Waals surface area contributed by atoms with Crippen LogP contribution in [0.2, 0.25) is 5.02 Å². The molecule has 5 nitrogen and oxygen atoms in total. The molecule has 0 bridgehead atoms. The molecule has 1 aromatic carbocycles. The van der Waals surface area contributed by atoms with Crippen LogP contribution in [0.5, 0.6) is 5.88 Å². The fourth-order valence-electron chi connectivity index (χ4n) is 2.16. The van der Waals surface area contributed by atoms with Gasteiger partial charge in [0.1, 0.15) is 4.60 Å². The Bertz CT molecular complexity index is 818. The summed E-state index contributed by atoms with van der Waals surface area (Å²) in [5, 5.41) is 5.78. The number of ether oxygens (including phenoxy) is 1. The van der Waals surface area contributed by atoms with Crippen molar-refractivity contribution < 1.29 is 4.74 Å². The Kier molecular flexibility index (Phi) is 3.73. The lowest BCUT2D eigenvalue weighted by Gasteiger charge is -2.06. The highest BCUT2D eigenvalue weighted by Gasteiger charge is 2.14. The Balaban J connectivity index is 2.07. The van der Waals surface area contributed by atoms with Crippen LogP contribution >= 0.6 is 27.5 Å². The third-order valence-electron chi connectivity index (χ3n) is 3.17. The van der Waals surface area contributed by atoms with Gasteiger partial charge in [0, 0.05) is 6.07 Å². The standard InChI is InChI=1S/C14H12BrClN4O/c1-21-11-4-2-3-8(18-11)7-20-10-6-5-9(16)13(17)12(10)14(15)19-20/h2-6H,7,17H2,1H3. The zero-order chi connectivity index (χ0) is 15.0. The van der Waals surface area contributed by atoms with Crippen molar-refractivity contribution in [1.29, 1.82) is 0 Å². The number of anilines is 1. The first-order valence-electron chi connectivity index (χ1n) is 6.20. The number of nitrogens with two attached hydrogens (primary N) is 1. The molecule has 2 heterocycles. The van der Waals surface area contributed by atoms with Gasteiger partial charge in [-0.15, -0.1) is 0 Å². The van der Waals surface area contributed by atoms with Gasteiger partial charge in [0.2, 0.25) is 5.88 Å². The maximum absolute atomic E-state index is 6.06. The molecule has 21 heavy (non-hydrogen) atoms. The summed E-state index contributed by atoms with van der Waals surface area (Å²) in [7, 11) is 1.59. The lowest BCUT2D eigenvalue weighted by atomic mass is 10.2. The number of aromatic nitrogens is 3. The van der Waals surface area contributed by atoms with Gasteiger partial charge < -0.3 is 10.5 Å². The third-order valence-corrected chi connectivity index (χ3v) is 4.05. The average Bonchev–Trinajstić information content (AvgIpc) is 2.80. The topological polar surface area (TPSA) is 66.0 Å². The van der Waals surface area contributed by atoms with Crippen molar-refractivity contribution >= 4 is 44.1 Å². The second-order valence-corrected chi connectivity index (χ2v) is 5.63. The van der Waals surface area contributed by atoms with E-state index in [0.717, 1.165) is 16.6 Å². The van der Waals surface area contributed by atoms with Crippen LogP contribution in [0.4, 0.5) is 5.69 Å². The van der Waals surface area contributed by atoms with Crippen molar-refractivity contribution in [2.24, 2.45) is 0 Å². The van der Waals surface area contributed by atoms with Crippen molar-refractivity contribution in [3.05, 3.63) is 45.7 Å². The molecular weight excluding hydrogens is 356 g/mol. The summed E-state index contributed by atoms with van der Waals surface area (Å²) in [6.07, 6.45) is 0. The van der Waals surface area contributed by atoms with Gasteiger partial charge in [-0.2, -0.15) is 5.10 Å². The van der Waals surface area contributed by atoms with Gasteiger partial charge in [-0.1, -0.05) is 17.7 Å². The largest absolute Gasteiger partial charge is 0.481 e. The Morgan fingerprint density at radius 3 is 2.90 bits per heavy atom. The number of nitrogen functional groups attached to an aromatic ring is 1. The van der Waals surface area contributed by atoms with Crippen molar-refractivity contribution in [2.75, 3.05) is 12.8 Å². The summed E-state index contributed by atoms with van der Waals surface area (Å²) < 4.78 is 7.63. The Morgan fingerprint density at radius 1 is 1.33 bits per heavy atom. The van der Waals surface area contributed by atoms with Crippen LogP contribution in [0.15, 0.2) is 34.9 Å². The van der Waals surface area contributed by atoms with Gasteiger partial charge in [-0.05, 0) is 34.1 Å². The predicted molar refractivity (Wildman–Crippen MR) is 86.7 cm³/mol. The second-order valence-electron chi connectivity index (χ2n) is 4.47. The smallest absolute Gasteiger partial charge is 0.213 e. The average molecular weight is 368 g/mol. The molecule has 0 radical (unpaired) electrons. The molecule has 0 saturated heterocycles. The van der Waals surface area contributed by atoms with Crippen molar-refractivity contribution in [2.45, 2.75) is 6.54 Å². The molecule has 0 amide bonds. The number of benzene rings is 1. The van der Waals surface area contributed by atoms with Gasteiger partial charge >= 0.3 is 0 Å². The van der Waals surface area contributed by atoms with Crippen molar-refractivity contribution in [3.8, 4) is 5.88 Å². The molecule has 7 heteroatoms. The summed E-state index contributed by atoms with van der Waals surface area (Å²) in [4.78, 5) is 4.39. The monoisotopic (exact) mass is 366 g/mol. The number of pyridine rings is 1. The molecule has 0 spiro atoms. The van der Waals surface area contributed by atoms with E-state index in [2.05, 4.69) is 26.0 Å².